The summed E-state index contributed by atoms with van der Waals surface area (Å²) in [5.74, 6) is -0.438. The molecular weight excluding hydrogens is 507 g/mol. The fourth-order valence-corrected chi connectivity index (χ4v) is 6.31. The van der Waals surface area contributed by atoms with Crippen molar-refractivity contribution < 1.29 is 13.9 Å². The Kier molecular flexibility index (Phi) is 6.93. The summed E-state index contributed by atoms with van der Waals surface area (Å²) >= 11 is 2.94. The largest absolute Gasteiger partial charge is 0.379 e. The van der Waals surface area contributed by atoms with Crippen molar-refractivity contribution in [1.82, 2.24) is 14.9 Å². The number of thiophene rings is 1. The average Bonchev–Trinajstić information content (AvgIpc) is 3.61. The number of anilines is 1. The summed E-state index contributed by atoms with van der Waals surface area (Å²) in [6.45, 7) is 4.63. The van der Waals surface area contributed by atoms with Gasteiger partial charge in [0.15, 0.2) is 5.13 Å². The van der Waals surface area contributed by atoms with Gasteiger partial charge < -0.3 is 4.74 Å². The van der Waals surface area contributed by atoms with Crippen LogP contribution in [0.15, 0.2) is 66.0 Å². The molecule has 1 saturated heterocycles. The van der Waals surface area contributed by atoms with Gasteiger partial charge in [-0.25, -0.2) is 14.4 Å². The zero-order chi connectivity index (χ0) is 25.2. The lowest BCUT2D eigenvalue weighted by atomic mass is 10.1. The van der Waals surface area contributed by atoms with Crippen LogP contribution in [0, 0.1) is 5.82 Å². The van der Waals surface area contributed by atoms with Crippen molar-refractivity contribution in [2.24, 2.45) is 0 Å². The Hall–Kier alpha value is -3.24. The number of benzene rings is 2. The molecule has 37 heavy (non-hydrogen) atoms. The highest BCUT2D eigenvalue weighted by molar-refractivity contribution is 7.22. The van der Waals surface area contributed by atoms with Gasteiger partial charge in [-0.1, -0.05) is 35.6 Å². The van der Waals surface area contributed by atoms with Gasteiger partial charge in [-0.2, -0.15) is 0 Å². The van der Waals surface area contributed by atoms with Crippen LogP contribution in [0.3, 0.4) is 0 Å². The lowest BCUT2D eigenvalue weighted by Crippen LogP contribution is -2.39. The van der Waals surface area contributed by atoms with E-state index in [9.17, 15) is 9.18 Å². The van der Waals surface area contributed by atoms with E-state index in [0.29, 0.717) is 22.8 Å². The second-order valence-electron chi connectivity index (χ2n) is 8.92. The molecule has 1 aliphatic heterocycles. The first kappa shape index (κ1) is 24.1. The third-order valence-corrected chi connectivity index (χ3v) is 8.43. The minimum absolute atomic E-state index is 0.127. The van der Waals surface area contributed by atoms with Crippen LogP contribution < -0.4 is 4.90 Å². The number of thiazole rings is 1. The summed E-state index contributed by atoms with van der Waals surface area (Å²) in [4.78, 5) is 28.9. The van der Waals surface area contributed by atoms with Crippen molar-refractivity contribution >= 4 is 54.8 Å². The van der Waals surface area contributed by atoms with E-state index >= 15 is 0 Å². The van der Waals surface area contributed by atoms with Gasteiger partial charge in [0.05, 0.1) is 45.1 Å². The summed E-state index contributed by atoms with van der Waals surface area (Å²) in [6.07, 6.45) is 0.789. The van der Waals surface area contributed by atoms with Crippen LogP contribution in [0.2, 0.25) is 0 Å². The number of carbonyl (C=O) groups is 1. The van der Waals surface area contributed by atoms with Gasteiger partial charge in [0.2, 0.25) is 0 Å². The Labute approximate surface area is 222 Å². The standard InChI is InChI=1S/C28H25FN4O2S2/c29-19-8-9-23-26(17-19)37-28(31-23)33(11-4-10-32-12-14-35-15-13-32)27(34)21-18-24(25-7-3-16-36-25)30-22-6-2-1-5-20(21)22/h1-3,5-9,16-18H,4,10-15H2. The van der Waals surface area contributed by atoms with Gasteiger partial charge in [0.25, 0.3) is 5.91 Å². The molecule has 0 aliphatic carbocycles. The molecule has 6 rings (SSSR count). The lowest BCUT2D eigenvalue weighted by molar-refractivity contribution is 0.0376. The highest BCUT2D eigenvalue weighted by Crippen LogP contribution is 2.33. The Morgan fingerprint density at radius 3 is 2.73 bits per heavy atom. The number of carbonyl (C=O) groups excluding carboxylic acids is 1. The van der Waals surface area contributed by atoms with Crippen molar-refractivity contribution in [1.29, 1.82) is 0 Å². The van der Waals surface area contributed by atoms with E-state index in [1.54, 1.807) is 22.3 Å². The summed E-state index contributed by atoms with van der Waals surface area (Å²) in [6, 6.07) is 18.2. The molecule has 0 atom stereocenters. The number of morpholine rings is 1. The molecule has 0 spiro atoms. The number of rotatable bonds is 7. The van der Waals surface area contributed by atoms with Gasteiger partial charge in [0, 0.05) is 31.6 Å². The Balaban J connectivity index is 1.39. The zero-order valence-corrected chi connectivity index (χ0v) is 21.7. The van der Waals surface area contributed by atoms with Crippen LogP contribution in [0.5, 0.6) is 0 Å². The van der Waals surface area contributed by atoms with Gasteiger partial charge in [-0.15, -0.1) is 11.3 Å². The van der Waals surface area contributed by atoms with Crippen LogP contribution in [0.1, 0.15) is 16.8 Å². The SMILES string of the molecule is O=C(c1cc(-c2cccs2)nc2ccccc12)N(CCCN1CCOCC1)c1nc2ccc(F)cc2s1. The van der Waals surface area contributed by atoms with Gasteiger partial charge >= 0.3 is 0 Å². The molecule has 0 N–H and O–H groups in total. The maximum atomic E-state index is 14.3. The Morgan fingerprint density at radius 2 is 1.89 bits per heavy atom. The number of para-hydroxylation sites is 1. The zero-order valence-electron chi connectivity index (χ0n) is 20.1. The average molecular weight is 533 g/mol. The van der Waals surface area contributed by atoms with E-state index in [0.717, 1.165) is 65.4 Å². The number of hydrogen-bond donors (Lipinski definition) is 0. The van der Waals surface area contributed by atoms with E-state index in [-0.39, 0.29) is 11.7 Å². The molecule has 4 heterocycles. The number of ether oxygens (including phenoxy) is 1. The van der Waals surface area contributed by atoms with Crippen LogP contribution in [0.25, 0.3) is 31.7 Å². The number of hydrogen-bond acceptors (Lipinski definition) is 7. The van der Waals surface area contributed by atoms with Crippen molar-refractivity contribution in [3.8, 4) is 10.6 Å². The Bertz CT molecular complexity index is 1550. The number of nitrogens with zero attached hydrogens (tertiary/aromatic N) is 4. The molecule has 0 unspecified atom stereocenters. The van der Waals surface area contributed by atoms with Gasteiger partial charge in [0.1, 0.15) is 5.82 Å². The number of fused-ring (bicyclic) bond motifs is 2. The minimum Gasteiger partial charge on any atom is -0.379 e. The van der Waals surface area contributed by atoms with Gasteiger partial charge in [-0.3, -0.25) is 14.6 Å². The predicted octanol–water partition coefficient (Wildman–Crippen LogP) is 6.08. The number of pyridine rings is 1. The molecule has 9 heteroatoms. The molecule has 6 nitrogen and oxygen atoms in total. The molecule has 0 saturated carbocycles. The normalized spacial score (nSPS) is 14.4. The summed E-state index contributed by atoms with van der Waals surface area (Å²) in [7, 11) is 0. The fourth-order valence-electron chi connectivity index (χ4n) is 4.61. The van der Waals surface area contributed by atoms with Crippen LogP contribution in [-0.4, -0.2) is 60.2 Å². The topological polar surface area (TPSA) is 58.6 Å². The summed E-state index contributed by atoms with van der Waals surface area (Å²) < 4.78 is 20.1. The highest BCUT2D eigenvalue weighted by Gasteiger charge is 2.25. The highest BCUT2D eigenvalue weighted by atomic mass is 32.1. The van der Waals surface area contributed by atoms with Crippen molar-refractivity contribution in [2.75, 3.05) is 44.3 Å². The fraction of sp³-hybridized carbons (Fsp3) is 0.250. The number of aromatic nitrogens is 2. The molecule has 5 aromatic rings. The monoisotopic (exact) mass is 532 g/mol. The van der Waals surface area contributed by atoms with E-state index in [1.807, 2.05) is 47.8 Å². The third-order valence-electron chi connectivity index (χ3n) is 6.50. The van der Waals surface area contributed by atoms with Crippen LogP contribution in [-0.2, 0) is 4.74 Å². The van der Waals surface area contributed by atoms with Crippen molar-refractivity contribution in [3.05, 3.63) is 77.4 Å². The van der Waals surface area contributed by atoms with E-state index in [1.165, 1.54) is 23.5 Å². The minimum atomic E-state index is -0.311. The maximum absolute atomic E-state index is 14.3. The molecule has 2 aromatic carbocycles. The smallest absolute Gasteiger partial charge is 0.260 e. The number of halogens is 1. The van der Waals surface area contributed by atoms with E-state index in [2.05, 4.69) is 4.90 Å². The van der Waals surface area contributed by atoms with Crippen molar-refractivity contribution in [2.45, 2.75) is 6.42 Å². The molecule has 0 bridgehead atoms. The molecule has 1 fully saturated rings. The first-order chi connectivity index (χ1) is 18.2. The van der Waals surface area contributed by atoms with Crippen molar-refractivity contribution in [3.63, 3.8) is 0 Å². The molecule has 1 amide bonds. The molecule has 0 radical (unpaired) electrons. The van der Waals surface area contributed by atoms with Crippen LogP contribution >= 0.6 is 22.7 Å². The second-order valence-corrected chi connectivity index (χ2v) is 10.9. The van der Waals surface area contributed by atoms with E-state index < -0.39 is 0 Å². The molecular formula is C28H25FN4O2S2. The first-order valence-corrected chi connectivity index (χ1v) is 14.0. The maximum Gasteiger partial charge on any atom is 0.260 e. The van der Waals surface area contributed by atoms with Gasteiger partial charge in [-0.05, 0) is 48.2 Å². The second kappa shape index (κ2) is 10.6. The quantitative estimate of drug-likeness (QED) is 0.254. The predicted molar refractivity (Wildman–Crippen MR) is 148 cm³/mol. The first-order valence-electron chi connectivity index (χ1n) is 12.3. The molecule has 3 aromatic heterocycles. The van der Waals surface area contributed by atoms with Crippen LogP contribution in [0.4, 0.5) is 9.52 Å². The summed E-state index contributed by atoms with van der Waals surface area (Å²) in [5.41, 5.74) is 2.82. The Morgan fingerprint density at radius 1 is 1.03 bits per heavy atom. The third kappa shape index (κ3) is 5.13. The lowest BCUT2D eigenvalue weighted by Gasteiger charge is -2.28. The summed E-state index contributed by atoms with van der Waals surface area (Å²) in [5, 5.41) is 3.38. The molecule has 1 aliphatic rings. The van der Waals surface area contributed by atoms with E-state index in [4.69, 9.17) is 14.7 Å². The molecule has 188 valence electrons. The number of amides is 1.